The lowest BCUT2D eigenvalue weighted by atomic mass is 9.99. The number of nitrogens with one attached hydrogen (secondary N) is 2. The largest absolute Gasteiger partial charge is 0.491 e. The molecule has 25 heavy (non-hydrogen) atoms. The average molecular weight is 339 g/mol. The van der Waals surface area contributed by atoms with Gasteiger partial charge in [-0.1, -0.05) is 42.5 Å². The van der Waals surface area contributed by atoms with Crippen molar-refractivity contribution in [3.8, 4) is 5.75 Å². The number of aliphatic hydroxyl groups excluding tert-OH is 1. The van der Waals surface area contributed by atoms with Gasteiger partial charge in [0.05, 0.1) is 18.1 Å². The zero-order valence-electron chi connectivity index (χ0n) is 13.7. The monoisotopic (exact) mass is 339 g/mol. The Kier molecular flexibility index (Phi) is 4.07. The van der Waals surface area contributed by atoms with E-state index in [9.17, 15) is 9.90 Å². The second kappa shape index (κ2) is 6.38. The third-order valence-electron chi connectivity index (χ3n) is 4.96. The number of amides is 2. The highest BCUT2D eigenvalue weighted by molar-refractivity contribution is 5.75. The van der Waals surface area contributed by atoms with Crippen molar-refractivity contribution < 1.29 is 14.6 Å². The van der Waals surface area contributed by atoms with Crippen LogP contribution in [0.15, 0.2) is 48.5 Å². The Hall–Kier alpha value is -2.57. The molecule has 0 spiro atoms. The molecule has 1 aliphatic carbocycles. The molecule has 4 rings (SSSR count). The fourth-order valence-electron chi connectivity index (χ4n) is 3.61. The molecular weight excluding hydrogens is 318 g/mol. The van der Waals surface area contributed by atoms with Crippen LogP contribution < -0.4 is 21.1 Å². The number of para-hydroxylation sites is 1. The Morgan fingerprint density at radius 3 is 2.52 bits per heavy atom. The zero-order valence-corrected chi connectivity index (χ0v) is 13.7. The van der Waals surface area contributed by atoms with Gasteiger partial charge in [0, 0.05) is 5.56 Å². The van der Waals surface area contributed by atoms with Crippen LogP contribution in [-0.2, 0) is 6.42 Å². The van der Waals surface area contributed by atoms with Crippen LogP contribution in [-0.4, -0.2) is 29.8 Å². The van der Waals surface area contributed by atoms with Crippen LogP contribution in [0.25, 0.3) is 0 Å². The van der Waals surface area contributed by atoms with Gasteiger partial charge in [0.25, 0.3) is 0 Å². The quantitative estimate of drug-likeness (QED) is 0.665. The number of hydrogen-bond acceptors (Lipinski definition) is 4. The van der Waals surface area contributed by atoms with Crippen molar-refractivity contribution in [2.75, 3.05) is 6.61 Å². The number of fused-ring (bicyclic) bond motifs is 2. The Bertz CT molecular complexity index is 795. The van der Waals surface area contributed by atoms with E-state index < -0.39 is 12.1 Å². The lowest BCUT2D eigenvalue weighted by Gasteiger charge is -2.31. The zero-order chi connectivity index (χ0) is 17.4. The predicted octanol–water partition coefficient (Wildman–Crippen LogP) is 1.40. The highest BCUT2D eigenvalue weighted by Gasteiger charge is 2.33. The first-order valence-electron chi connectivity index (χ1n) is 8.43. The third-order valence-corrected chi connectivity index (χ3v) is 4.96. The number of benzene rings is 2. The van der Waals surface area contributed by atoms with E-state index in [0.717, 1.165) is 11.1 Å². The molecule has 6 heteroatoms. The van der Waals surface area contributed by atoms with Crippen LogP contribution in [0.5, 0.6) is 5.75 Å². The fraction of sp³-hybridized carbons (Fsp3) is 0.316. The molecule has 130 valence electrons. The van der Waals surface area contributed by atoms with Crippen LogP contribution in [0.1, 0.15) is 28.8 Å². The second-order valence-corrected chi connectivity index (χ2v) is 6.55. The summed E-state index contributed by atoms with van der Waals surface area (Å²) in [6.45, 7) is 0.225. The van der Waals surface area contributed by atoms with Crippen LogP contribution >= 0.6 is 0 Å². The van der Waals surface area contributed by atoms with Crippen molar-refractivity contribution in [2.24, 2.45) is 5.73 Å². The Morgan fingerprint density at radius 2 is 1.72 bits per heavy atom. The van der Waals surface area contributed by atoms with Crippen molar-refractivity contribution in [3.63, 3.8) is 0 Å². The summed E-state index contributed by atoms with van der Waals surface area (Å²) >= 11 is 0. The molecule has 0 radical (unpaired) electrons. The highest BCUT2D eigenvalue weighted by atomic mass is 16.5. The van der Waals surface area contributed by atoms with Gasteiger partial charge in [-0.2, -0.15) is 0 Å². The topological polar surface area (TPSA) is 96.6 Å². The summed E-state index contributed by atoms with van der Waals surface area (Å²) < 4.78 is 5.62. The SMILES string of the molecule is N[C@@H]1c2ccccc2C[C@H]1NC(=O)NC1COc2ccccc2C1O. The average Bonchev–Trinajstić information content (AvgIpc) is 2.94. The van der Waals surface area contributed by atoms with E-state index in [-0.39, 0.29) is 24.7 Å². The van der Waals surface area contributed by atoms with Gasteiger partial charge in [0.2, 0.25) is 0 Å². The summed E-state index contributed by atoms with van der Waals surface area (Å²) in [5, 5.41) is 16.2. The van der Waals surface area contributed by atoms with E-state index in [0.29, 0.717) is 17.7 Å². The highest BCUT2D eigenvalue weighted by Crippen LogP contribution is 2.32. The molecule has 2 aromatic rings. The molecule has 0 saturated carbocycles. The number of rotatable bonds is 2. The van der Waals surface area contributed by atoms with Crippen molar-refractivity contribution in [1.82, 2.24) is 10.6 Å². The molecule has 2 aliphatic rings. The molecule has 6 nitrogen and oxygen atoms in total. The second-order valence-electron chi connectivity index (χ2n) is 6.55. The fourth-order valence-corrected chi connectivity index (χ4v) is 3.61. The van der Waals surface area contributed by atoms with Gasteiger partial charge in [0.15, 0.2) is 0 Å². The van der Waals surface area contributed by atoms with E-state index in [2.05, 4.69) is 10.6 Å². The van der Waals surface area contributed by atoms with E-state index in [1.54, 1.807) is 6.07 Å². The Morgan fingerprint density at radius 1 is 1.04 bits per heavy atom. The molecule has 0 bridgehead atoms. The first-order valence-corrected chi connectivity index (χ1v) is 8.43. The van der Waals surface area contributed by atoms with Crippen LogP contribution in [0.3, 0.4) is 0 Å². The summed E-state index contributed by atoms with van der Waals surface area (Å²) in [5.74, 6) is 0.654. The van der Waals surface area contributed by atoms with Gasteiger partial charge < -0.3 is 26.2 Å². The molecule has 5 N–H and O–H groups in total. The first kappa shape index (κ1) is 15.9. The predicted molar refractivity (Wildman–Crippen MR) is 93.2 cm³/mol. The lowest BCUT2D eigenvalue weighted by Crippen LogP contribution is -2.52. The van der Waals surface area contributed by atoms with Crippen LogP contribution in [0.4, 0.5) is 4.79 Å². The molecule has 0 aromatic heterocycles. The molecule has 1 aliphatic heterocycles. The van der Waals surface area contributed by atoms with Gasteiger partial charge in [-0.05, 0) is 23.6 Å². The molecule has 0 fully saturated rings. The number of carbonyl (C=O) groups is 1. The van der Waals surface area contributed by atoms with Gasteiger partial charge in [-0.3, -0.25) is 0 Å². The first-order chi connectivity index (χ1) is 12.1. The van der Waals surface area contributed by atoms with E-state index in [4.69, 9.17) is 10.5 Å². The maximum Gasteiger partial charge on any atom is 0.315 e. The van der Waals surface area contributed by atoms with Crippen molar-refractivity contribution in [3.05, 3.63) is 65.2 Å². The van der Waals surface area contributed by atoms with Crippen molar-refractivity contribution in [1.29, 1.82) is 0 Å². The van der Waals surface area contributed by atoms with Crippen molar-refractivity contribution in [2.45, 2.75) is 30.7 Å². The summed E-state index contributed by atoms with van der Waals surface area (Å²) in [5.41, 5.74) is 9.16. The van der Waals surface area contributed by atoms with Crippen LogP contribution in [0.2, 0.25) is 0 Å². The van der Waals surface area contributed by atoms with Gasteiger partial charge in [0.1, 0.15) is 18.5 Å². The number of urea groups is 1. The number of aliphatic hydroxyl groups is 1. The molecule has 2 unspecified atom stereocenters. The Balaban J connectivity index is 1.39. The summed E-state index contributed by atoms with van der Waals surface area (Å²) in [7, 11) is 0. The van der Waals surface area contributed by atoms with E-state index >= 15 is 0 Å². The van der Waals surface area contributed by atoms with Gasteiger partial charge >= 0.3 is 6.03 Å². The smallest absolute Gasteiger partial charge is 0.315 e. The number of carbonyl (C=O) groups excluding carboxylic acids is 1. The molecule has 1 heterocycles. The Labute approximate surface area is 146 Å². The maximum atomic E-state index is 12.4. The minimum Gasteiger partial charge on any atom is -0.491 e. The molecule has 2 aromatic carbocycles. The third kappa shape index (κ3) is 2.94. The van der Waals surface area contributed by atoms with E-state index in [1.165, 1.54) is 0 Å². The minimum absolute atomic E-state index is 0.161. The standard InChI is InChI=1S/C19H21N3O3/c20-17-12-6-2-1-5-11(12)9-14(17)21-19(24)22-15-10-25-16-8-4-3-7-13(16)18(15)23/h1-8,14-15,17-18,23H,9-10,20H2,(H2,21,22,24)/t14-,15?,17-,18?/m1/s1. The minimum atomic E-state index is -0.801. The van der Waals surface area contributed by atoms with Crippen molar-refractivity contribution >= 4 is 6.03 Å². The summed E-state index contributed by atoms with van der Waals surface area (Å²) in [4.78, 5) is 12.4. The summed E-state index contributed by atoms with van der Waals surface area (Å²) in [6.07, 6.45) is -0.0951. The normalized spacial score (nSPS) is 27.0. The lowest BCUT2D eigenvalue weighted by molar-refractivity contribution is 0.0771. The molecule has 4 atom stereocenters. The number of ether oxygens (including phenoxy) is 1. The number of hydrogen-bond donors (Lipinski definition) is 4. The molecular formula is C19H21N3O3. The van der Waals surface area contributed by atoms with Gasteiger partial charge in [-0.25, -0.2) is 4.79 Å². The number of nitrogens with two attached hydrogens (primary N) is 1. The van der Waals surface area contributed by atoms with Gasteiger partial charge in [-0.15, -0.1) is 0 Å². The maximum absolute atomic E-state index is 12.4. The molecule has 0 saturated heterocycles. The molecule has 2 amide bonds. The summed E-state index contributed by atoms with van der Waals surface area (Å²) in [6, 6.07) is 14.0. The van der Waals surface area contributed by atoms with Crippen LogP contribution in [0, 0.1) is 0 Å². The van der Waals surface area contributed by atoms with E-state index in [1.807, 2.05) is 42.5 Å².